The summed E-state index contributed by atoms with van der Waals surface area (Å²) in [5, 5.41) is 0. The highest BCUT2D eigenvalue weighted by molar-refractivity contribution is 5.76. The summed E-state index contributed by atoms with van der Waals surface area (Å²) in [6.45, 7) is 0. The molecule has 0 amide bonds. The summed E-state index contributed by atoms with van der Waals surface area (Å²) < 4.78 is 5.16. The molecule has 0 bridgehead atoms. The average Bonchev–Trinajstić information content (AvgIpc) is 2.48. The first kappa shape index (κ1) is 8.30. The predicted molar refractivity (Wildman–Crippen MR) is 61.8 cm³/mol. The van der Waals surface area contributed by atoms with E-state index in [1.807, 2.05) is 6.08 Å². The molecule has 0 saturated carbocycles. The molecule has 1 heterocycles. The van der Waals surface area contributed by atoms with Gasteiger partial charge in [0.15, 0.2) is 0 Å². The molecule has 2 aliphatic rings. The Morgan fingerprint density at radius 3 is 2.60 bits per heavy atom. The van der Waals surface area contributed by atoms with Crippen molar-refractivity contribution in [2.45, 2.75) is 0 Å². The molecule has 15 heavy (non-hydrogen) atoms. The Balaban J connectivity index is 2.21. The van der Waals surface area contributed by atoms with Gasteiger partial charge in [0.2, 0.25) is 0 Å². The van der Waals surface area contributed by atoms with Crippen LogP contribution in [0.5, 0.6) is 0 Å². The molecule has 0 radical (unpaired) electrons. The van der Waals surface area contributed by atoms with Crippen LogP contribution in [-0.4, -0.2) is 0 Å². The molecule has 0 fully saturated rings. The van der Waals surface area contributed by atoms with E-state index in [1.54, 1.807) is 12.5 Å². The van der Waals surface area contributed by atoms with Crippen molar-refractivity contribution in [1.29, 1.82) is 0 Å². The quantitative estimate of drug-likeness (QED) is 0.614. The SMILES string of the molecule is C1=CC2=Cc3ccccc3C=CC2=CO1. The number of hydrogen-bond donors (Lipinski definition) is 0. The van der Waals surface area contributed by atoms with E-state index in [4.69, 9.17) is 4.74 Å². The van der Waals surface area contributed by atoms with Crippen LogP contribution in [0.4, 0.5) is 0 Å². The molecule has 3 rings (SSSR count). The molecule has 0 unspecified atom stereocenters. The van der Waals surface area contributed by atoms with Gasteiger partial charge in [-0.1, -0.05) is 36.4 Å². The van der Waals surface area contributed by atoms with E-state index in [0.29, 0.717) is 0 Å². The number of benzene rings is 1. The van der Waals surface area contributed by atoms with E-state index in [2.05, 4.69) is 42.5 Å². The molecule has 0 atom stereocenters. The Labute approximate surface area is 88.7 Å². The van der Waals surface area contributed by atoms with Gasteiger partial charge in [0.1, 0.15) is 0 Å². The molecular formula is C14H10O. The van der Waals surface area contributed by atoms with Crippen molar-refractivity contribution in [3.8, 4) is 0 Å². The van der Waals surface area contributed by atoms with Gasteiger partial charge in [-0.2, -0.15) is 0 Å². The van der Waals surface area contributed by atoms with Gasteiger partial charge in [0, 0.05) is 5.57 Å². The molecular weight excluding hydrogens is 184 g/mol. The lowest BCUT2D eigenvalue weighted by atomic mass is 10.0. The third-order valence-corrected chi connectivity index (χ3v) is 2.60. The normalized spacial score (nSPS) is 16.8. The van der Waals surface area contributed by atoms with Crippen molar-refractivity contribution < 1.29 is 4.74 Å². The third-order valence-electron chi connectivity index (χ3n) is 2.60. The molecule has 1 nitrogen and oxygen atoms in total. The zero-order valence-electron chi connectivity index (χ0n) is 8.18. The van der Waals surface area contributed by atoms with Gasteiger partial charge < -0.3 is 4.74 Å². The van der Waals surface area contributed by atoms with Crippen LogP contribution in [0, 0.1) is 0 Å². The summed E-state index contributed by atoms with van der Waals surface area (Å²) in [5.41, 5.74) is 4.81. The second-order valence-electron chi connectivity index (χ2n) is 3.57. The highest BCUT2D eigenvalue weighted by Gasteiger charge is 2.08. The summed E-state index contributed by atoms with van der Waals surface area (Å²) >= 11 is 0. The van der Waals surface area contributed by atoms with Gasteiger partial charge >= 0.3 is 0 Å². The Bertz CT molecular complexity index is 516. The molecule has 0 saturated heterocycles. The lowest BCUT2D eigenvalue weighted by Gasteiger charge is -2.07. The Morgan fingerprint density at radius 2 is 1.67 bits per heavy atom. The monoisotopic (exact) mass is 194 g/mol. The number of fused-ring (bicyclic) bond motifs is 2. The minimum atomic E-state index is 1.12. The second kappa shape index (κ2) is 3.28. The van der Waals surface area contributed by atoms with Crippen molar-refractivity contribution >= 4 is 12.2 Å². The fraction of sp³-hybridized carbons (Fsp3) is 0. The largest absolute Gasteiger partial charge is 0.472 e. The van der Waals surface area contributed by atoms with E-state index < -0.39 is 0 Å². The van der Waals surface area contributed by atoms with E-state index in [1.165, 1.54) is 16.7 Å². The maximum absolute atomic E-state index is 5.16. The van der Waals surface area contributed by atoms with Crippen molar-refractivity contribution in [1.82, 2.24) is 0 Å². The van der Waals surface area contributed by atoms with Gasteiger partial charge in [0.05, 0.1) is 12.5 Å². The molecule has 1 aliphatic heterocycles. The molecule has 1 aromatic carbocycles. The standard InChI is InChI=1S/C14H10O/c1-2-4-12-9-13-7-8-15-10-14(13)6-5-11(12)3-1/h1-10H. The van der Waals surface area contributed by atoms with E-state index in [9.17, 15) is 0 Å². The van der Waals surface area contributed by atoms with Gasteiger partial charge in [-0.15, -0.1) is 0 Å². The van der Waals surface area contributed by atoms with Gasteiger partial charge in [-0.25, -0.2) is 0 Å². The first-order valence-electron chi connectivity index (χ1n) is 4.95. The van der Waals surface area contributed by atoms with E-state index in [0.717, 1.165) is 5.57 Å². The summed E-state index contributed by atoms with van der Waals surface area (Å²) in [6.07, 6.45) is 11.8. The maximum Gasteiger partial charge on any atom is 0.0979 e. The van der Waals surface area contributed by atoms with Crippen LogP contribution < -0.4 is 0 Å². The minimum absolute atomic E-state index is 1.12. The van der Waals surface area contributed by atoms with Crippen molar-refractivity contribution in [3.63, 3.8) is 0 Å². The average molecular weight is 194 g/mol. The van der Waals surface area contributed by atoms with Crippen LogP contribution >= 0.6 is 0 Å². The minimum Gasteiger partial charge on any atom is -0.472 e. The van der Waals surface area contributed by atoms with Crippen LogP contribution in [0.25, 0.3) is 12.2 Å². The molecule has 72 valence electrons. The topological polar surface area (TPSA) is 9.23 Å². The fourth-order valence-electron chi connectivity index (χ4n) is 1.80. The summed E-state index contributed by atoms with van der Waals surface area (Å²) in [6, 6.07) is 8.35. The molecule has 0 spiro atoms. The Morgan fingerprint density at radius 1 is 0.800 bits per heavy atom. The number of ether oxygens (including phenoxy) is 1. The van der Waals surface area contributed by atoms with Crippen LogP contribution in [-0.2, 0) is 4.74 Å². The van der Waals surface area contributed by atoms with Gasteiger partial charge in [-0.05, 0) is 28.9 Å². The van der Waals surface area contributed by atoms with E-state index >= 15 is 0 Å². The zero-order valence-corrected chi connectivity index (χ0v) is 8.18. The van der Waals surface area contributed by atoms with E-state index in [-0.39, 0.29) is 0 Å². The number of rotatable bonds is 0. The highest BCUT2D eigenvalue weighted by Crippen LogP contribution is 2.27. The van der Waals surface area contributed by atoms with Gasteiger partial charge in [-0.3, -0.25) is 0 Å². The van der Waals surface area contributed by atoms with Crippen molar-refractivity contribution in [2.75, 3.05) is 0 Å². The lowest BCUT2D eigenvalue weighted by Crippen LogP contribution is -1.88. The predicted octanol–water partition coefficient (Wildman–Crippen LogP) is 3.52. The summed E-state index contributed by atoms with van der Waals surface area (Å²) in [7, 11) is 0. The van der Waals surface area contributed by atoms with Crippen LogP contribution in [0.15, 0.2) is 60.1 Å². The third kappa shape index (κ3) is 1.42. The second-order valence-corrected chi connectivity index (χ2v) is 3.57. The van der Waals surface area contributed by atoms with Crippen LogP contribution in [0.3, 0.4) is 0 Å². The summed E-state index contributed by atoms with van der Waals surface area (Å²) in [5.74, 6) is 0. The van der Waals surface area contributed by atoms with Gasteiger partial charge in [0.25, 0.3) is 0 Å². The number of allylic oxidation sites excluding steroid dienone is 4. The zero-order chi connectivity index (χ0) is 10.1. The van der Waals surface area contributed by atoms with Crippen LogP contribution in [0.1, 0.15) is 11.1 Å². The Hall–Kier alpha value is -2.02. The number of hydrogen-bond acceptors (Lipinski definition) is 1. The Kier molecular flexibility index (Phi) is 1.82. The van der Waals surface area contributed by atoms with Crippen molar-refractivity contribution in [2.24, 2.45) is 0 Å². The lowest BCUT2D eigenvalue weighted by molar-refractivity contribution is 0.395. The molecule has 1 heteroatoms. The first-order chi connectivity index (χ1) is 7.43. The summed E-state index contributed by atoms with van der Waals surface area (Å²) in [4.78, 5) is 0. The fourth-order valence-corrected chi connectivity index (χ4v) is 1.80. The molecule has 0 N–H and O–H groups in total. The first-order valence-corrected chi connectivity index (χ1v) is 4.95. The highest BCUT2D eigenvalue weighted by atomic mass is 16.5. The molecule has 0 aromatic heterocycles. The maximum atomic E-state index is 5.16. The van der Waals surface area contributed by atoms with Crippen molar-refractivity contribution in [3.05, 3.63) is 71.2 Å². The van der Waals surface area contributed by atoms with Crippen LogP contribution in [0.2, 0.25) is 0 Å². The smallest absolute Gasteiger partial charge is 0.0979 e. The molecule has 1 aromatic rings. The molecule has 1 aliphatic carbocycles.